The maximum Gasteiger partial charge on any atom is 0.236 e. The quantitative estimate of drug-likeness (QED) is 0.318. The van der Waals surface area contributed by atoms with Crippen LogP contribution in [0.25, 0.3) is 0 Å². The van der Waals surface area contributed by atoms with Crippen LogP contribution in [0.3, 0.4) is 0 Å². The summed E-state index contributed by atoms with van der Waals surface area (Å²) in [5.41, 5.74) is 1.36. The van der Waals surface area contributed by atoms with Crippen molar-refractivity contribution in [2.24, 2.45) is 4.99 Å². The number of aryl methyl sites for hydroxylation is 1. The van der Waals surface area contributed by atoms with Crippen LogP contribution >= 0.6 is 24.0 Å². The molecule has 1 unspecified atom stereocenters. The number of ether oxygens (including phenoxy) is 1. The highest BCUT2D eigenvalue weighted by atomic mass is 127. The first kappa shape index (κ1) is 25.2. The molecule has 1 amide bonds. The van der Waals surface area contributed by atoms with Crippen LogP contribution in [-0.4, -0.2) is 104 Å². The van der Waals surface area contributed by atoms with E-state index in [1.54, 1.807) is 0 Å². The van der Waals surface area contributed by atoms with Gasteiger partial charge in [-0.25, -0.2) is 4.99 Å². The van der Waals surface area contributed by atoms with Crippen molar-refractivity contribution in [3.8, 4) is 0 Å². The Balaban J connectivity index is 0.00000289. The fraction of sp³-hybridized carbons (Fsp3) is 0.652. The summed E-state index contributed by atoms with van der Waals surface area (Å²) in [5, 5.41) is 14.6. The van der Waals surface area contributed by atoms with Gasteiger partial charge in [-0.05, 0) is 30.9 Å². The average molecular weight is 557 g/mol. The number of nitrogens with zero attached hydrogens (tertiary/aromatic N) is 4. The van der Waals surface area contributed by atoms with Crippen LogP contribution in [0.4, 0.5) is 0 Å². The number of carbonyl (C=O) groups is 1. The first-order valence-corrected chi connectivity index (χ1v) is 11.5. The van der Waals surface area contributed by atoms with Crippen LogP contribution in [-0.2, 0) is 21.6 Å². The Bertz CT molecular complexity index is 794. The van der Waals surface area contributed by atoms with E-state index < -0.39 is 5.60 Å². The first-order valence-electron chi connectivity index (χ1n) is 11.5. The van der Waals surface area contributed by atoms with Crippen molar-refractivity contribution in [1.29, 1.82) is 0 Å². The Labute approximate surface area is 208 Å². The second-order valence-electron chi connectivity index (χ2n) is 8.62. The third-order valence-corrected chi connectivity index (χ3v) is 6.55. The molecule has 9 heteroatoms. The topological polar surface area (TPSA) is 80.6 Å². The number of guanidine groups is 1. The minimum Gasteiger partial charge on any atom is -0.383 e. The second kappa shape index (κ2) is 11.6. The monoisotopic (exact) mass is 557 g/mol. The minimum atomic E-state index is -0.885. The summed E-state index contributed by atoms with van der Waals surface area (Å²) in [5.74, 6) is 1.04. The van der Waals surface area contributed by atoms with Crippen LogP contribution < -0.4 is 5.32 Å². The molecule has 0 aromatic heterocycles. The van der Waals surface area contributed by atoms with Gasteiger partial charge in [0.25, 0.3) is 0 Å². The van der Waals surface area contributed by atoms with E-state index in [4.69, 9.17) is 9.73 Å². The number of carbonyl (C=O) groups excluding carboxylic acids is 1. The number of hydrogen-bond donors (Lipinski definition) is 2. The molecular weight excluding hydrogens is 521 g/mol. The average Bonchev–Trinajstić information content (AvgIpc) is 3.15. The van der Waals surface area contributed by atoms with Gasteiger partial charge in [-0.2, -0.15) is 0 Å². The van der Waals surface area contributed by atoms with Crippen molar-refractivity contribution in [2.45, 2.75) is 25.4 Å². The molecule has 1 aromatic carbocycles. The molecule has 0 bridgehead atoms. The maximum absolute atomic E-state index is 12.5. The molecule has 3 aliphatic rings. The van der Waals surface area contributed by atoms with E-state index >= 15 is 0 Å². The van der Waals surface area contributed by atoms with Gasteiger partial charge in [-0.15, -0.1) is 24.0 Å². The number of morpholine rings is 1. The lowest BCUT2D eigenvalue weighted by Gasteiger charge is -2.37. The summed E-state index contributed by atoms with van der Waals surface area (Å²) in [7, 11) is 0. The molecule has 2 fully saturated rings. The summed E-state index contributed by atoms with van der Waals surface area (Å²) in [4.78, 5) is 23.7. The Morgan fingerprint density at radius 2 is 1.84 bits per heavy atom. The van der Waals surface area contributed by atoms with Gasteiger partial charge in [0.15, 0.2) is 5.96 Å². The zero-order valence-corrected chi connectivity index (χ0v) is 21.3. The predicted octanol–water partition coefficient (Wildman–Crippen LogP) is 0.880. The molecule has 1 aliphatic carbocycles. The smallest absolute Gasteiger partial charge is 0.236 e. The Morgan fingerprint density at radius 3 is 2.56 bits per heavy atom. The third-order valence-electron chi connectivity index (χ3n) is 6.55. The van der Waals surface area contributed by atoms with E-state index in [1.807, 2.05) is 23.1 Å². The van der Waals surface area contributed by atoms with Gasteiger partial charge in [-0.3, -0.25) is 9.69 Å². The highest BCUT2D eigenvalue weighted by Gasteiger charge is 2.36. The molecule has 2 heterocycles. The summed E-state index contributed by atoms with van der Waals surface area (Å²) in [6.45, 7) is 9.63. The lowest BCUT2D eigenvalue weighted by Crippen LogP contribution is -2.55. The van der Waals surface area contributed by atoms with Crippen molar-refractivity contribution in [3.05, 3.63) is 35.4 Å². The number of halogens is 1. The minimum absolute atomic E-state index is 0. The fourth-order valence-corrected chi connectivity index (χ4v) is 4.69. The normalized spacial score (nSPS) is 24.1. The zero-order valence-electron chi connectivity index (χ0n) is 19.0. The summed E-state index contributed by atoms with van der Waals surface area (Å²) < 4.78 is 5.34. The second-order valence-corrected chi connectivity index (χ2v) is 8.62. The molecule has 32 heavy (non-hydrogen) atoms. The molecule has 1 aromatic rings. The maximum atomic E-state index is 12.5. The van der Waals surface area contributed by atoms with Gasteiger partial charge in [0, 0.05) is 45.8 Å². The number of rotatable bonds is 5. The fourth-order valence-electron chi connectivity index (χ4n) is 4.69. The molecule has 4 rings (SSSR count). The Kier molecular flexibility index (Phi) is 9.15. The SMILES string of the molecule is CCNC(=NCC1(O)CCc2ccccc21)N1CCN(CC(=O)N2CCOCC2)CC1.I. The lowest BCUT2D eigenvalue weighted by atomic mass is 9.96. The first-order chi connectivity index (χ1) is 15.1. The highest BCUT2D eigenvalue weighted by molar-refractivity contribution is 14.0. The number of aliphatic imine (C=N–C) groups is 1. The number of fused-ring (bicyclic) bond motifs is 1. The van der Waals surface area contributed by atoms with Crippen LogP contribution in [0.2, 0.25) is 0 Å². The number of amides is 1. The van der Waals surface area contributed by atoms with Crippen molar-refractivity contribution < 1.29 is 14.6 Å². The highest BCUT2D eigenvalue weighted by Crippen LogP contribution is 2.36. The lowest BCUT2D eigenvalue weighted by molar-refractivity contribution is -0.136. The molecule has 0 saturated carbocycles. The Hall–Kier alpha value is -1.43. The van der Waals surface area contributed by atoms with E-state index in [2.05, 4.69) is 28.1 Å². The molecule has 8 nitrogen and oxygen atoms in total. The van der Waals surface area contributed by atoms with Crippen molar-refractivity contribution >= 4 is 35.8 Å². The molecule has 178 valence electrons. The molecule has 2 N–H and O–H groups in total. The van der Waals surface area contributed by atoms with Crippen molar-refractivity contribution in [3.63, 3.8) is 0 Å². The Morgan fingerprint density at radius 1 is 1.12 bits per heavy atom. The molecule has 0 spiro atoms. The molecular formula is C23H36IN5O3. The van der Waals surface area contributed by atoms with Crippen LogP contribution in [0, 0.1) is 0 Å². The van der Waals surface area contributed by atoms with E-state index in [0.29, 0.717) is 45.8 Å². The number of nitrogens with one attached hydrogen (secondary N) is 1. The summed E-state index contributed by atoms with van der Waals surface area (Å²) in [6, 6.07) is 8.14. The van der Waals surface area contributed by atoms with Gasteiger partial charge in [-0.1, -0.05) is 24.3 Å². The van der Waals surface area contributed by atoms with E-state index in [9.17, 15) is 9.90 Å². The number of aliphatic hydroxyl groups is 1. The molecule has 2 saturated heterocycles. The zero-order chi connectivity index (χ0) is 21.7. The molecule has 2 aliphatic heterocycles. The summed E-state index contributed by atoms with van der Waals surface area (Å²) in [6.07, 6.45) is 1.61. The van der Waals surface area contributed by atoms with Gasteiger partial charge in [0.2, 0.25) is 5.91 Å². The van der Waals surface area contributed by atoms with Gasteiger partial charge >= 0.3 is 0 Å². The largest absolute Gasteiger partial charge is 0.383 e. The number of piperazine rings is 1. The summed E-state index contributed by atoms with van der Waals surface area (Å²) >= 11 is 0. The molecule has 0 radical (unpaired) electrons. The van der Waals surface area contributed by atoms with Gasteiger partial charge in [0.05, 0.1) is 26.3 Å². The standard InChI is InChI=1S/C23H35N5O3.HI/c1-2-24-22(25-18-23(30)8-7-19-5-3-4-6-20(19)23)28-11-9-26(10-12-28)17-21(29)27-13-15-31-16-14-27;/h3-6,30H,2,7-18H2,1H3,(H,24,25);1H. The van der Waals surface area contributed by atoms with E-state index in [0.717, 1.165) is 50.7 Å². The van der Waals surface area contributed by atoms with Crippen LogP contribution in [0.1, 0.15) is 24.5 Å². The molecule has 1 atom stereocenters. The predicted molar refractivity (Wildman–Crippen MR) is 135 cm³/mol. The van der Waals surface area contributed by atoms with Crippen LogP contribution in [0.15, 0.2) is 29.3 Å². The third kappa shape index (κ3) is 5.92. The van der Waals surface area contributed by atoms with Crippen molar-refractivity contribution in [1.82, 2.24) is 20.0 Å². The van der Waals surface area contributed by atoms with Gasteiger partial charge < -0.3 is 25.0 Å². The number of hydrogen-bond acceptors (Lipinski definition) is 5. The van der Waals surface area contributed by atoms with E-state index in [-0.39, 0.29) is 29.9 Å². The van der Waals surface area contributed by atoms with Gasteiger partial charge in [0.1, 0.15) is 5.60 Å². The van der Waals surface area contributed by atoms with E-state index in [1.165, 1.54) is 5.56 Å². The van der Waals surface area contributed by atoms with Crippen LogP contribution in [0.5, 0.6) is 0 Å². The van der Waals surface area contributed by atoms with Crippen molar-refractivity contribution in [2.75, 3.05) is 72.1 Å². The number of benzene rings is 1.